The number of pyridine rings is 1. The van der Waals surface area contributed by atoms with E-state index in [9.17, 15) is 0 Å². The second-order valence-electron chi connectivity index (χ2n) is 10.4. The number of benzene rings is 7. The monoisotopic (exact) mass is 507 g/mol. The molecule has 1 heterocycles. The van der Waals surface area contributed by atoms with E-state index in [0.717, 1.165) is 16.8 Å². The van der Waals surface area contributed by atoms with Gasteiger partial charge in [0.15, 0.2) is 0 Å². The summed E-state index contributed by atoms with van der Waals surface area (Å²) in [6.07, 6.45) is 0. The number of para-hydroxylation sites is 1. The highest BCUT2D eigenvalue weighted by Crippen LogP contribution is 2.37. The Kier molecular flexibility index (Phi) is 5.21. The molecule has 0 aliphatic carbocycles. The molecule has 0 fully saturated rings. The van der Waals surface area contributed by atoms with E-state index in [0.29, 0.717) is 0 Å². The van der Waals surface area contributed by atoms with E-state index < -0.39 is 0 Å². The average Bonchev–Trinajstić information content (AvgIpc) is 3.04. The lowest BCUT2D eigenvalue weighted by molar-refractivity contribution is 1.43. The topological polar surface area (TPSA) is 12.9 Å². The number of hydrogen-bond donors (Lipinski definition) is 0. The van der Waals surface area contributed by atoms with Crippen LogP contribution in [0.3, 0.4) is 0 Å². The third-order valence-corrected chi connectivity index (χ3v) is 8.07. The molecule has 8 rings (SSSR count). The van der Waals surface area contributed by atoms with Gasteiger partial charge in [-0.1, -0.05) is 146 Å². The molecule has 0 atom stereocenters. The van der Waals surface area contributed by atoms with E-state index in [4.69, 9.17) is 4.98 Å². The molecule has 0 bridgehead atoms. The van der Waals surface area contributed by atoms with Crippen molar-refractivity contribution >= 4 is 43.2 Å². The SMILES string of the molecule is c1ccc2c(-c3ccc(-c4ccc(-c5nc6ccccc6c6c5ccc5ccccc56)cc4)cc3)cccc2c1. The van der Waals surface area contributed by atoms with Gasteiger partial charge in [-0.15, -0.1) is 0 Å². The van der Waals surface area contributed by atoms with Crippen molar-refractivity contribution in [3.8, 4) is 33.5 Å². The van der Waals surface area contributed by atoms with Gasteiger partial charge in [0.25, 0.3) is 0 Å². The van der Waals surface area contributed by atoms with Gasteiger partial charge in [0.05, 0.1) is 11.2 Å². The standard InChI is InChI=1S/C39H25N/c1-3-11-32-28(8-1)10-7-14-33(32)30-20-16-26(17-21-30)27-18-22-31(23-19-27)39-36-25-24-29-9-2-4-12-34(29)38(36)35-13-5-6-15-37(35)40-39/h1-25H. The molecule has 0 aliphatic rings. The third kappa shape index (κ3) is 3.67. The predicted octanol–water partition coefficient (Wildman–Crippen LogP) is 10.7. The van der Waals surface area contributed by atoms with Crippen LogP contribution in [0.15, 0.2) is 152 Å². The zero-order valence-corrected chi connectivity index (χ0v) is 21.9. The molecule has 0 unspecified atom stereocenters. The van der Waals surface area contributed by atoms with Crippen molar-refractivity contribution in [1.29, 1.82) is 0 Å². The van der Waals surface area contributed by atoms with Gasteiger partial charge in [0, 0.05) is 21.7 Å². The molecule has 0 radical (unpaired) electrons. The van der Waals surface area contributed by atoms with Crippen LogP contribution in [-0.2, 0) is 0 Å². The van der Waals surface area contributed by atoms with E-state index in [1.807, 2.05) is 0 Å². The van der Waals surface area contributed by atoms with Crippen LogP contribution in [0.5, 0.6) is 0 Å². The Balaban J connectivity index is 1.20. The summed E-state index contributed by atoms with van der Waals surface area (Å²) in [6.45, 7) is 0. The van der Waals surface area contributed by atoms with E-state index in [-0.39, 0.29) is 0 Å². The first-order chi connectivity index (χ1) is 19.8. The van der Waals surface area contributed by atoms with E-state index in [1.165, 1.54) is 60.0 Å². The summed E-state index contributed by atoms with van der Waals surface area (Å²) >= 11 is 0. The molecule has 1 aromatic heterocycles. The molecule has 0 spiro atoms. The van der Waals surface area contributed by atoms with Crippen LogP contribution in [0, 0.1) is 0 Å². The van der Waals surface area contributed by atoms with E-state index >= 15 is 0 Å². The number of hydrogen-bond acceptors (Lipinski definition) is 1. The predicted molar refractivity (Wildman–Crippen MR) is 171 cm³/mol. The average molecular weight is 508 g/mol. The van der Waals surface area contributed by atoms with Gasteiger partial charge in [0.2, 0.25) is 0 Å². The fourth-order valence-corrected chi connectivity index (χ4v) is 6.08. The van der Waals surface area contributed by atoms with Crippen LogP contribution in [0.1, 0.15) is 0 Å². The third-order valence-electron chi connectivity index (χ3n) is 8.07. The minimum atomic E-state index is 1.02. The minimum absolute atomic E-state index is 1.02. The number of rotatable bonds is 3. The van der Waals surface area contributed by atoms with Crippen molar-refractivity contribution < 1.29 is 0 Å². The van der Waals surface area contributed by atoms with Crippen molar-refractivity contribution in [2.24, 2.45) is 0 Å². The Hall–Kier alpha value is -5.27. The Morgan fingerprint density at radius 1 is 0.325 bits per heavy atom. The summed E-state index contributed by atoms with van der Waals surface area (Å²) in [4.78, 5) is 5.15. The van der Waals surface area contributed by atoms with Crippen LogP contribution >= 0.6 is 0 Å². The van der Waals surface area contributed by atoms with Gasteiger partial charge in [-0.25, -0.2) is 4.98 Å². The first kappa shape index (κ1) is 22.7. The highest BCUT2D eigenvalue weighted by atomic mass is 14.7. The van der Waals surface area contributed by atoms with Gasteiger partial charge < -0.3 is 0 Å². The maximum atomic E-state index is 5.15. The summed E-state index contributed by atoms with van der Waals surface area (Å²) in [5, 5.41) is 8.71. The van der Waals surface area contributed by atoms with Crippen molar-refractivity contribution in [1.82, 2.24) is 4.98 Å². The summed E-state index contributed by atoms with van der Waals surface area (Å²) in [7, 11) is 0. The van der Waals surface area contributed by atoms with Gasteiger partial charge >= 0.3 is 0 Å². The first-order valence-electron chi connectivity index (χ1n) is 13.7. The maximum Gasteiger partial charge on any atom is 0.0788 e. The lowest BCUT2D eigenvalue weighted by Crippen LogP contribution is -1.91. The van der Waals surface area contributed by atoms with Gasteiger partial charge in [0.1, 0.15) is 0 Å². The second-order valence-corrected chi connectivity index (χ2v) is 10.4. The van der Waals surface area contributed by atoms with Crippen LogP contribution in [0.25, 0.3) is 76.7 Å². The van der Waals surface area contributed by atoms with E-state index in [2.05, 4.69) is 152 Å². The summed E-state index contributed by atoms with van der Waals surface area (Å²) < 4.78 is 0. The molecule has 1 heteroatoms. The molecule has 0 amide bonds. The Bertz CT molecular complexity index is 2170. The molecule has 0 aliphatic heterocycles. The first-order valence-corrected chi connectivity index (χ1v) is 13.7. The van der Waals surface area contributed by atoms with E-state index in [1.54, 1.807) is 0 Å². The minimum Gasteiger partial charge on any atom is -0.247 e. The zero-order chi connectivity index (χ0) is 26.5. The van der Waals surface area contributed by atoms with Crippen LogP contribution < -0.4 is 0 Å². The summed E-state index contributed by atoms with van der Waals surface area (Å²) in [5.41, 5.74) is 8.08. The molecule has 0 N–H and O–H groups in total. The smallest absolute Gasteiger partial charge is 0.0788 e. The lowest BCUT2D eigenvalue weighted by atomic mass is 9.94. The number of fused-ring (bicyclic) bond motifs is 6. The Morgan fingerprint density at radius 3 is 1.62 bits per heavy atom. The molecule has 186 valence electrons. The molecule has 40 heavy (non-hydrogen) atoms. The number of nitrogens with zero attached hydrogens (tertiary/aromatic N) is 1. The van der Waals surface area contributed by atoms with Crippen LogP contribution in [0.4, 0.5) is 0 Å². The fraction of sp³-hybridized carbons (Fsp3) is 0. The largest absolute Gasteiger partial charge is 0.247 e. The molecule has 8 aromatic rings. The fourth-order valence-electron chi connectivity index (χ4n) is 6.08. The summed E-state index contributed by atoms with van der Waals surface area (Å²) in [6, 6.07) is 54.4. The molecular formula is C39H25N. The Labute approximate surface area is 233 Å². The molecule has 0 saturated heterocycles. The molecular weight excluding hydrogens is 482 g/mol. The summed E-state index contributed by atoms with van der Waals surface area (Å²) in [5.74, 6) is 0. The van der Waals surface area contributed by atoms with Gasteiger partial charge in [-0.2, -0.15) is 0 Å². The zero-order valence-electron chi connectivity index (χ0n) is 21.9. The van der Waals surface area contributed by atoms with Gasteiger partial charge in [-0.05, 0) is 49.9 Å². The molecule has 7 aromatic carbocycles. The van der Waals surface area contributed by atoms with Crippen molar-refractivity contribution in [2.45, 2.75) is 0 Å². The number of aromatic nitrogens is 1. The molecule has 0 saturated carbocycles. The second kappa shape index (κ2) is 9.18. The highest BCUT2D eigenvalue weighted by molar-refractivity contribution is 6.22. The molecule has 1 nitrogen and oxygen atoms in total. The highest BCUT2D eigenvalue weighted by Gasteiger charge is 2.13. The quantitative estimate of drug-likeness (QED) is 0.217. The van der Waals surface area contributed by atoms with Crippen molar-refractivity contribution in [3.63, 3.8) is 0 Å². The van der Waals surface area contributed by atoms with Crippen molar-refractivity contribution in [3.05, 3.63) is 152 Å². The maximum absolute atomic E-state index is 5.15. The van der Waals surface area contributed by atoms with Crippen LogP contribution in [0.2, 0.25) is 0 Å². The van der Waals surface area contributed by atoms with Crippen molar-refractivity contribution in [2.75, 3.05) is 0 Å². The Morgan fingerprint density at radius 2 is 0.875 bits per heavy atom. The van der Waals surface area contributed by atoms with Gasteiger partial charge in [-0.3, -0.25) is 0 Å². The normalized spacial score (nSPS) is 11.5. The van der Waals surface area contributed by atoms with Crippen LogP contribution in [-0.4, -0.2) is 4.98 Å². The lowest BCUT2D eigenvalue weighted by Gasteiger charge is -2.13.